The number of fused-ring (bicyclic) bond motifs is 3. The Balaban J connectivity index is 1.63. The van der Waals surface area contributed by atoms with E-state index in [1.807, 2.05) is 22.8 Å². The monoisotopic (exact) mass is 389 g/mol. The molecule has 1 aliphatic rings. The summed E-state index contributed by atoms with van der Waals surface area (Å²) in [7, 11) is 1.72. The highest BCUT2D eigenvalue weighted by Crippen LogP contribution is 2.30. The maximum atomic E-state index is 12.5. The summed E-state index contributed by atoms with van der Waals surface area (Å²) in [6.45, 7) is 4.37. The summed E-state index contributed by atoms with van der Waals surface area (Å²) in [5.41, 5.74) is 0.790. The molecule has 0 bridgehead atoms. The fraction of sp³-hybridized carbons (Fsp3) is 0.556. The van der Waals surface area contributed by atoms with E-state index in [1.54, 1.807) is 11.6 Å². The molecule has 0 spiro atoms. The van der Waals surface area contributed by atoms with Crippen molar-refractivity contribution in [2.45, 2.75) is 32.7 Å². The molecule has 0 aromatic carbocycles. The normalized spacial score (nSPS) is 14.5. The van der Waals surface area contributed by atoms with Gasteiger partial charge in [-0.05, 0) is 37.1 Å². The fourth-order valence-electron chi connectivity index (χ4n) is 3.34. The van der Waals surface area contributed by atoms with Crippen LogP contribution in [-0.4, -0.2) is 49.7 Å². The Kier molecular flexibility index (Phi) is 4.96. The van der Waals surface area contributed by atoms with Gasteiger partial charge in [-0.2, -0.15) is 0 Å². The van der Waals surface area contributed by atoms with Gasteiger partial charge in [0, 0.05) is 20.1 Å². The van der Waals surface area contributed by atoms with Gasteiger partial charge < -0.3 is 4.74 Å². The van der Waals surface area contributed by atoms with Crippen LogP contribution in [-0.2, 0) is 23.1 Å². The molecular formula is C18H23N5O3S. The molecule has 0 atom stereocenters. The molecule has 27 heavy (non-hydrogen) atoms. The van der Waals surface area contributed by atoms with Crippen LogP contribution < -0.4 is 5.56 Å². The number of carbonyl (C=O) groups excluding carboxylic acids is 1. The number of thiophene rings is 1. The zero-order chi connectivity index (χ0) is 19.0. The second-order valence-electron chi connectivity index (χ2n) is 6.98. The summed E-state index contributed by atoms with van der Waals surface area (Å²) in [5.74, 6) is 1.84. The zero-order valence-electron chi connectivity index (χ0n) is 15.6. The van der Waals surface area contributed by atoms with Gasteiger partial charge in [-0.3, -0.25) is 23.5 Å². The standard InChI is InChI=1S/C18H23N5O3S/c1-3-26-15(24)6-8-22(10-12-4-5-12)11-14-19-20-18-21(2)17(25)16-13(23(14)18)7-9-27-16/h7,9,12H,3-6,8,10-11H2,1-2H3. The first-order chi connectivity index (χ1) is 13.1. The van der Waals surface area contributed by atoms with E-state index in [4.69, 9.17) is 4.74 Å². The van der Waals surface area contributed by atoms with E-state index in [1.165, 1.54) is 24.2 Å². The van der Waals surface area contributed by atoms with Crippen LogP contribution >= 0.6 is 11.3 Å². The molecule has 3 heterocycles. The summed E-state index contributed by atoms with van der Waals surface area (Å²) in [6, 6.07) is 1.94. The Morgan fingerprint density at radius 3 is 2.96 bits per heavy atom. The van der Waals surface area contributed by atoms with Gasteiger partial charge in [-0.25, -0.2) is 0 Å². The molecule has 9 heteroatoms. The minimum atomic E-state index is -0.174. The molecule has 144 valence electrons. The molecule has 0 radical (unpaired) electrons. The molecule has 4 rings (SSSR count). The van der Waals surface area contributed by atoms with Crippen molar-refractivity contribution >= 4 is 33.3 Å². The molecule has 1 saturated carbocycles. The first-order valence-corrected chi connectivity index (χ1v) is 10.1. The smallest absolute Gasteiger partial charge is 0.307 e. The third-order valence-electron chi connectivity index (χ3n) is 4.91. The summed E-state index contributed by atoms with van der Waals surface area (Å²) >= 11 is 1.43. The van der Waals surface area contributed by atoms with Crippen molar-refractivity contribution in [3.8, 4) is 0 Å². The van der Waals surface area contributed by atoms with Crippen LogP contribution in [0.4, 0.5) is 0 Å². The Morgan fingerprint density at radius 2 is 2.22 bits per heavy atom. The first-order valence-electron chi connectivity index (χ1n) is 9.26. The second kappa shape index (κ2) is 7.40. The maximum Gasteiger partial charge on any atom is 0.307 e. The number of aryl methyl sites for hydroxylation is 1. The summed E-state index contributed by atoms with van der Waals surface area (Å²) in [4.78, 5) is 26.5. The molecular weight excluding hydrogens is 366 g/mol. The van der Waals surface area contributed by atoms with Crippen LogP contribution in [0.5, 0.6) is 0 Å². The third kappa shape index (κ3) is 3.61. The number of carbonyl (C=O) groups is 1. The number of rotatable bonds is 8. The van der Waals surface area contributed by atoms with Crippen molar-refractivity contribution in [2.75, 3.05) is 19.7 Å². The van der Waals surface area contributed by atoms with Gasteiger partial charge in [0.15, 0.2) is 5.82 Å². The number of ether oxygens (including phenoxy) is 1. The minimum Gasteiger partial charge on any atom is -0.466 e. The molecule has 0 amide bonds. The number of aromatic nitrogens is 4. The van der Waals surface area contributed by atoms with Gasteiger partial charge in [-0.15, -0.1) is 21.5 Å². The van der Waals surface area contributed by atoms with Crippen LogP contribution in [0.3, 0.4) is 0 Å². The largest absolute Gasteiger partial charge is 0.466 e. The molecule has 3 aromatic heterocycles. The highest BCUT2D eigenvalue weighted by Gasteiger charge is 2.26. The molecule has 3 aromatic rings. The Morgan fingerprint density at radius 1 is 1.41 bits per heavy atom. The highest BCUT2D eigenvalue weighted by molar-refractivity contribution is 7.17. The van der Waals surface area contributed by atoms with E-state index in [2.05, 4.69) is 15.1 Å². The zero-order valence-corrected chi connectivity index (χ0v) is 16.4. The lowest BCUT2D eigenvalue weighted by Gasteiger charge is -2.21. The van der Waals surface area contributed by atoms with Gasteiger partial charge in [0.2, 0.25) is 5.78 Å². The van der Waals surface area contributed by atoms with Gasteiger partial charge in [0.05, 0.1) is 25.1 Å². The van der Waals surface area contributed by atoms with Crippen LogP contribution in [0.15, 0.2) is 16.2 Å². The van der Waals surface area contributed by atoms with E-state index in [9.17, 15) is 9.59 Å². The van der Waals surface area contributed by atoms with Crippen molar-refractivity contribution in [2.24, 2.45) is 13.0 Å². The summed E-state index contributed by atoms with van der Waals surface area (Å²) in [6.07, 6.45) is 2.84. The van der Waals surface area contributed by atoms with E-state index in [0.29, 0.717) is 42.5 Å². The van der Waals surface area contributed by atoms with E-state index in [0.717, 1.165) is 17.9 Å². The molecule has 8 nitrogen and oxygen atoms in total. The molecule has 0 aliphatic heterocycles. The number of nitrogens with zero attached hydrogens (tertiary/aromatic N) is 5. The van der Waals surface area contributed by atoms with Crippen molar-refractivity contribution in [1.29, 1.82) is 0 Å². The lowest BCUT2D eigenvalue weighted by molar-refractivity contribution is -0.143. The SMILES string of the molecule is CCOC(=O)CCN(Cc1nnc2n(C)c(=O)c3sccc3n12)CC1CC1. The molecule has 0 saturated heterocycles. The summed E-state index contributed by atoms with van der Waals surface area (Å²) < 4.78 is 9.26. The van der Waals surface area contributed by atoms with Gasteiger partial charge in [0.1, 0.15) is 4.70 Å². The molecule has 1 aliphatic carbocycles. The first kappa shape index (κ1) is 18.1. The maximum absolute atomic E-state index is 12.5. The predicted octanol–water partition coefficient (Wildman–Crippen LogP) is 1.81. The van der Waals surface area contributed by atoms with Crippen LogP contribution in [0.1, 0.15) is 32.0 Å². The van der Waals surface area contributed by atoms with Crippen LogP contribution in [0.2, 0.25) is 0 Å². The topological polar surface area (TPSA) is 81.7 Å². The number of esters is 1. The van der Waals surface area contributed by atoms with E-state index < -0.39 is 0 Å². The predicted molar refractivity (Wildman–Crippen MR) is 103 cm³/mol. The lowest BCUT2D eigenvalue weighted by Crippen LogP contribution is -2.30. The molecule has 0 unspecified atom stereocenters. The molecule has 1 fully saturated rings. The number of hydrogen-bond donors (Lipinski definition) is 0. The van der Waals surface area contributed by atoms with Crippen molar-refractivity contribution in [3.05, 3.63) is 27.6 Å². The van der Waals surface area contributed by atoms with Crippen LogP contribution in [0, 0.1) is 5.92 Å². The quantitative estimate of drug-likeness (QED) is 0.547. The Labute approximate surface area is 160 Å². The average Bonchev–Trinajstić information content (AvgIpc) is 3.16. The second-order valence-corrected chi connectivity index (χ2v) is 7.90. The van der Waals surface area contributed by atoms with Gasteiger partial charge in [-0.1, -0.05) is 0 Å². The Hall–Kier alpha value is -2.26. The van der Waals surface area contributed by atoms with Crippen LogP contribution in [0.25, 0.3) is 16.0 Å². The summed E-state index contributed by atoms with van der Waals surface area (Å²) in [5, 5.41) is 10.5. The van der Waals surface area contributed by atoms with Crippen molar-refractivity contribution in [1.82, 2.24) is 24.1 Å². The minimum absolute atomic E-state index is 0.0522. The average molecular weight is 389 g/mol. The molecule has 0 N–H and O–H groups in total. The van der Waals surface area contributed by atoms with Gasteiger partial charge in [0.25, 0.3) is 5.56 Å². The number of hydrogen-bond acceptors (Lipinski definition) is 7. The van der Waals surface area contributed by atoms with Gasteiger partial charge >= 0.3 is 5.97 Å². The van der Waals surface area contributed by atoms with Crippen molar-refractivity contribution in [3.63, 3.8) is 0 Å². The van der Waals surface area contributed by atoms with E-state index >= 15 is 0 Å². The fourth-order valence-corrected chi connectivity index (χ4v) is 4.19. The Bertz CT molecular complexity index is 1030. The van der Waals surface area contributed by atoms with Crippen molar-refractivity contribution < 1.29 is 9.53 Å². The third-order valence-corrected chi connectivity index (χ3v) is 5.80. The lowest BCUT2D eigenvalue weighted by atomic mass is 10.3. The highest BCUT2D eigenvalue weighted by atomic mass is 32.1. The van der Waals surface area contributed by atoms with E-state index in [-0.39, 0.29) is 11.5 Å².